The van der Waals surface area contributed by atoms with Crippen LogP contribution in [-0.2, 0) is 0 Å². The number of aromatic nitrogens is 1. The Balaban J connectivity index is 2.93. The molecule has 0 amide bonds. The summed E-state index contributed by atoms with van der Waals surface area (Å²) < 4.78 is 0. The Labute approximate surface area is 86.9 Å². The summed E-state index contributed by atoms with van der Waals surface area (Å²) in [5.41, 5.74) is -0.0436. The molecule has 15 heavy (non-hydrogen) atoms. The minimum Gasteiger partial charge on any atom is -0.353 e. The van der Waals surface area contributed by atoms with Crippen LogP contribution < -0.4 is 4.90 Å². The molecular formula is C9H10N4O2. The van der Waals surface area contributed by atoms with Crippen LogP contribution in [0.5, 0.6) is 0 Å². The normalized spacial score (nSPS) is 9.33. The number of rotatable bonds is 4. The lowest BCUT2D eigenvalue weighted by atomic mass is 10.3. The molecular weight excluding hydrogens is 196 g/mol. The predicted octanol–water partition coefficient (Wildman–Crippen LogP) is 1.34. The molecule has 0 radical (unpaired) electrons. The standard InChI is InChI=1S/C9H10N4O2/c1-12(7-3-5-10)9-8(13(14)15)4-2-6-11-9/h2,4,6H,3,7H2,1H3. The number of nitriles is 1. The lowest BCUT2D eigenvalue weighted by Crippen LogP contribution is -2.20. The van der Waals surface area contributed by atoms with Gasteiger partial charge in [-0.05, 0) is 6.07 Å². The first-order valence-electron chi connectivity index (χ1n) is 4.34. The van der Waals surface area contributed by atoms with Crippen LogP contribution in [0.3, 0.4) is 0 Å². The Morgan fingerprint density at radius 1 is 1.73 bits per heavy atom. The van der Waals surface area contributed by atoms with Crippen LogP contribution >= 0.6 is 0 Å². The van der Waals surface area contributed by atoms with E-state index in [0.29, 0.717) is 13.0 Å². The molecule has 0 N–H and O–H groups in total. The maximum absolute atomic E-state index is 10.7. The van der Waals surface area contributed by atoms with E-state index < -0.39 is 4.92 Å². The van der Waals surface area contributed by atoms with Gasteiger partial charge < -0.3 is 4.90 Å². The quantitative estimate of drug-likeness (QED) is 0.548. The number of pyridine rings is 1. The van der Waals surface area contributed by atoms with Crippen LogP contribution in [0, 0.1) is 21.4 Å². The van der Waals surface area contributed by atoms with Gasteiger partial charge in [-0.15, -0.1) is 0 Å². The zero-order valence-electron chi connectivity index (χ0n) is 8.25. The van der Waals surface area contributed by atoms with Gasteiger partial charge in [-0.2, -0.15) is 5.26 Å². The Bertz CT molecular complexity index is 399. The van der Waals surface area contributed by atoms with Crippen molar-refractivity contribution in [2.24, 2.45) is 0 Å². The molecule has 1 aromatic heterocycles. The van der Waals surface area contributed by atoms with E-state index in [9.17, 15) is 10.1 Å². The molecule has 0 atom stereocenters. The molecule has 0 unspecified atom stereocenters. The van der Waals surface area contributed by atoms with E-state index >= 15 is 0 Å². The fourth-order valence-electron chi connectivity index (χ4n) is 1.15. The summed E-state index contributed by atoms with van der Waals surface area (Å²) in [7, 11) is 1.67. The highest BCUT2D eigenvalue weighted by Gasteiger charge is 2.17. The maximum Gasteiger partial charge on any atom is 0.311 e. The van der Waals surface area contributed by atoms with E-state index in [4.69, 9.17) is 5.26 Å². The highest BCUT2D eigenvalue weighted by atomic mass is 16.6. The summed E-state index contributed by atoms with van der Waals surface area (Å²) in [6, 6.07) is 4.89. The zero-order valence-corrected chi connectivity index (χ0v) is 8.25. The van der Waals surface area contributed by atoms with Gasteiger partial charge in [0.05, 0.1) is 17.4 Å². The van der Waals surface area contributed by atoms with Crippen molar-refractivity contribution >= 4 is 11.5 Å². The number of anilines is 1. The van der Waals surface area contributed by atoms with Crippen molar-refractivity contribution in [1.82, 2.24) is 4.98 Å². The largest absolute Gasteiger partial charge is 0.353 e. The lowest BCUT2D eigenvalue weighted by Gasteiger charge is -2.15. The molecule has 0 saturated carbocycles. The minimum absolute atomic E-state index is 0.0436. The number of nitro groups is 1. The molecule has 0 spiro atoms. The van der Waals surface area contributed by atoms with Crippen LogP contribution in [0.2, 0.25) is 0 Å². The first-order valence-corrected chi connectivity index (χ1v) is 4.34. The molecule has 0 aliphatic rings. The highest BCUT2D eigenvalue weighted by Crippen LogP contribution is 2.23. The van der Waals surface area contributed by atoms with Crippen LogP contribution in [0.1, 0.15) is 6.42 Å². The number of hydrogen-bond acceptors (Lipinski definition) is 5. The molecule has 6 heteroatoms. The molecule has 0 aliphatic carbocycles. The molecule has 78 valence electrons. The third kappa shape index (κ3) is 2.64. The lowest BCUT2D eigenvalue weighted by molar-refractivity contribution is -0.384. The van der Waals surface area contributed by atoms with Gasteiger partial charge in [-0.3, -0.25) is 10.1 Å². The minimum atomic E-state index is -0.481. The van der Waals surface area contributed by atoms with Crippen molar-refractivity contribution in [3.05, 3.63) is 28.4 Å². The molecule has 6 nitrogen and oxygen atoms in total. The van der Waals surface area contributed by atoms with E-state index in [0.717, 1.165) is 0 Å². The second-order valence-electron chi connectivity index (χ2n) is 2.93. The Morgan fingerprint density at radius 3 is 3.07 bits per heavy atom. The van der Waals surface area contributed by atoms with E-state index in [1.165, 1.54) is 18.3 Å². The van der Waals surface area contributed by atoms with E-state index in [-0.39, 0.29) is 11.5 Å². The van der Waals surface area contributed by atoms with Gasteiger partial charge >= 0.3 is 5.69 Å². The highest BCUT2D eigenvalue weighted by molar-refractivity contribution is 5.56. The fourth-order valence-corrected chi connectivity index (χ4v) is 1.15. The maximum atomic E-state index is 10.7. The SMILES string of the molecule is CN(CCC#N)c1ncccc1[N+](=O)[O-]. The molecule has 1 rings (SSSR count). The van der Waals surface area contributed by atoms with Crippen molar-refractivity contribution in [1.29, 1.82) is 5.26 Å². The van der Waals surface area contributed by atoms with E-state index in [1.807, 2.05) is 6.07 Å². The van der Waals surface area contributed by atoms with Crippen LogP contribution in [-0.4, -0.2) is 23.5 Å². The first-order chi connectivity index (χ1) is 7.16. The van der Waals surface area contributed by atoms with Gasteiger partial charge in [0.2, 0.25) is 5.82 Å². The molecule has 0 fully saturated rings. The van der Waals surface area contributed by atoms with Crippen LogP contribution in [0.4, 0.5) is 11.5 Å². The second-order valence-corrected chi connectivity index (χ2v) is 2.93. The fraction of sp³-hybridized carbons (Fsp3) is 0.333. The van der Waals surface area contributed by atoms with Gasteiger partial charge in [-0.25, -0.2) is 4.98 Å². The summed E-state index contributed by atoms with van der Waals surface area (Å²) in [5.74, 6) is 0.290. The third-order valence-corrected chi connectivity index (χ3v) is 1.88. The number of hydrogen-bond donors (Lipinski definition) is 0. The summed E-state index contributed by atoms with van der Waals surface area (Å²) in [4.78, 5) is 15.7. The smallest absolute Gasteiger partial charge is 0.311 e. The van der Waals surface area contributed by atoms with Gasteiger partial charge in [-0.1, -0.05) is 0 Å². The molecule has 1 aromatic rings. The predicted molar refractivity (Wildman–Crippen MR) is 54.4 cm³/mol. The van der Waals surface area contributed by atoms with Crippen LogP contribution in [0.25, 0.3) is 0 Å². The summed E-state index contributed by atoms with van der Waals surface area (Å²) in [5, 5.41) is 19.1. The first kappa shape index (κ1) is 10.9. The molecule has 0 aliphatic heterocycles. The van der Waals surface area contributed by atoms with Gasteiger partial charge in [0.15, 0.2) is 0 Å². The summed E-state index contributed by atoms with van der Waals surface area (Å²) in [6.07, 6.45) is 1.80. The van der Waals surface area contributed by atoms with Crippen molar-refractivity contribution in [2.45, 2.75) is 6.42 Å². The summed E-state index contributed by atoms with van der Waals surface area (Å²) in [6.45, 7) is 0.425. The van der Waals surface area contributed by atoms with Crippen LogP contribution in [0.15, 0.2) is 18.3 Å². The number of nitrogens with zero attached hydrogens (tertiary/aromatic N) is 4. The Hall–Kier alpha value is -2.16. The Kier molecular flexibility index (Phi) is 3.57. The monoisotopic (exact) mass is 206 g/mol. The third-order valence-electron chi connectivity index (χ3n) is 1.88. The zero-order chi connectivity index (χ0) is 11.3. The van der Waals surface area contributed by atoms with Gasteiger partial charge in [0.1, 0.15) is 0 Å². The van der Waals surface area contributed by atoms with Crippen molar-refractivity contribution in [3.8, 4) is 6.07 Å². The molecule has 1 heterocycles. The molecule has 0 bridgehead atoms. The second kappa shape index (κ2) is 4.91. The molecule has 0 saturated heterocycles. The Morgan fingerprint density at radius 2 is 2.47 bits per heavy atom. The van der Waals surface area contributed by atoms with E-state index in [1.54, 1.807) is 11.9 Å². The summed E-state index contributed by atoms with van der Waals surface area (Å²) >= 11 is 0. The van der Waals surface area contributed by atoms with Crippen molar-refractivity contribution in [2.75, 3.05) is 18.5 Å². The van der Waals surface area contributed by atoms with Crippen molar-refractivity contribution < 1.29 is 4.92 Å². The van der Waals surface area contributed by atoms with E-state index in [2.05, 4.69) is 4.98 Å². The topological polar surface area (TPSA) is 83.1 Å². The van der Waals surface area contributed by atoms with Gasteiger partial charge in [0, 0.05) is 25.9 Å². The average molecular weight is 206 g/mol. The molecule has 0 aromatic carbocycles. The van der Waals surface area contributed by atoms with Gasteiger partial charge in [0.25, 0.3) is 0 Å². The van der Waals surface area contributed by atoms with Crippen molar-refractivity contribution in [3.63, 3.8) is 0 Å². The average Bonchev–Trinajstić information content (AvgIpc) is 2.25.